The predicted molar refractivity (Wildman–Crippen MR) is 128 cm³/mol. The highest BCUT2D eigenvalue weighted by Crippen LogP contribution is 2.24. The van der Waals surface area contributed by atoms with Crippen LogP contribution in [0.15, 0.2) is 59.6 Å². The summed E-state index contributed by atoms with van der Waals surface area (Å²) in [6.45, 7) is 10.0. The van der Waals surface area contributed by atoms with Crippen LogP contribution < -0.4 is 0 Å². The van der Waals surface area contributed by atoms with Crippen molar-refractivity contribution in [1.29, 1.82) is 0 Å². The van der Waals surface area contributed by atoms with Crippen molar-refractivity contribution in [2.75, 3.05) is 26.2 Å². The average Bonchev–Trinajstić information content (AvgIpc) is 2.79. The lowest BCUT2D eigenvalue weighted by molar-refractivity contribution is -0.146. The molecule has 0 N–H and O–H groups in total. The van der Waals surface area contributed by atoms with Crippen LogP contribution in [0.4, 0.5) is 0 Å². The van der Waals surface area contributed by atoms with Crippen molar-refractivity contribution < 1.29 is 14.3 Å². The maximum Gasteiger partial charge on any atom is 0.316 e. The Hall–Kier alpha value is -2.95. The minimum Gasteiger partial charge on any atom is -0.465 e. The van der Waals surface area contributed by atoms with Gasteiger partial charge >= 0.3 is 5.97 Å². The number of amides is 1. The fraction of sp³-hybridized carbons (Fsp3) is 0.444. The zero-order valence-corrected chi connectivity index (χ0v) is 19.6. The van der Waals surface area contributed by atoms with Gasteiger partial charge in [-0.05, 0) is 42.0 Å². The molecule has 1 atom stereocenters. The van der Waals surface area contributed by atoms with Crippen molar-refractivity contribution in [3.8, 4) is 0 Å². The monoisotopic (exact) mass is 434 g/mol. The van der Waals surface area contributed by atoms with Gasteiger partial charge in [0.25, 0.3) is 5.91 Å². The zero-order chi connectivity index (χ0) is 23.1. The molecule has 0 spiro atoms. The lowest BCUT2D eigenvalue weighted by Gasteiger charge is -2.33. The predicted octanol–water partition coefficient (Wildman–Crippen LogP) is 4.69. The van der Waals surface area contributed by atoms with Crippen molar-refractivity contribution >= 4 is 17.6 Å². The molecule has 0 aromatic heterocycles. The highest BCUT2D eigenvalue weighted by molar-refractivity contribution is 6.05. The second-order valence-corrected chi connectivity index (χ2v) is 9.24. The molecule has 3 rings (SSSR count). The largest absolute Gasteiger partial charge is 0.465 e. The molecule has 0 bridgehead atoms. The second kappa shape index (κ2) is 10.6. The second-order valence-electron chi connectivity index (χ2n) is 9.24. The summed E-state index contributed by atoms with van der Waals surface area (Å²) in [5.41, 5.74) is 3.92. The highest BCUT2D eigenvalue weighted by Gasteiger charge is 2.34. The van der Waals surface area contributed by atoms with E-state index in [1.54, 1.807) is 11.8 Å². The summed E-state index contributed by atoms with van der Waals surface area (Å²) in [7, 11) is 0. The molecule has 0 radical (unpaired) electrons. The van der Waals surface area contributed by atoms with Crippen molar-refractivity contribution in [2.24, 2.45) is 10.9 Å². The first kappa shape index (κ1) is 23.7. The lowest BCUT2D eigenvalue weighted by Crippen LogP contribution is -2.47. The van der Waals surface area contributed by atoms with Crippen LogP contribution in [0.25, 0.3) is 0 Å². The smallest absolute Gasteiger partial charge is 0.316 e. The Morgan fingerprint density at radius 2 is 1.75 bits per heavy atom. The van der Waals surface area contributed by atoms with Crippen LogP contribution in [0.1, 0.15) is 55.6 Å². The van der Waals surface area contributed by atoms with E-state index in [2.05, 4.69) is 32.9 Å². The third kappa shape index (κ3) is 6.06. The molecule has 2 aromatic carbocycles. The lowest BCUT2D eigenvalue weighted by atomic mass is 9.86. The van der Waals surface area contributed by atoms with Crippen molar-refractivity contribution in [3.63, 3.8) is 0 Å². The molecule has 1 aliphatic rings. The van der Waals surface area contributed by atoms with Gasteiger partial charge in [-0.3, -0.25) is 14.6 Å². The van der Waals surface area contributed by atoms with Gasteiger partial charge in [0.05, 0.1) is 6.61 Å². The molecular formula is C27H34N2O3. The molecule has 1 amide bonds. The Kier molecular flexibility index (Phi) is 7.84. The van der Waals surface area contributed by atoms with E-state index in [4.69, 9.17) is 9.73 Å². The van der Waals surface area contributed by atoms with Crippen molar-refractivity contribution in [3.05, 3.63) is 71.3 Å². The minimum absolute atomic E-state index is 0.0345. The van der Waals surface area contributed by atoms with Crippen LogP contribution in [0, 0.1) is 5.92 Å². The Morgan fingerprint density at radius 1 is 1.06 bits per heavy atom. The highest BCUT2D eigenvalue weighted by atomic mass is 16.5. The van der Waals surface area contributed by atoms with Crippen LogP contribution in [0.3, 0.4) is 0 Å². The summed E-state index contributed by atoms with van der Waals surface area (Å²) in [4.78, 5) is 32.3. The first-order valence-corrected chi connectivity index (χ1v) is 11.4. The van der Waals surface area contributed by atoms with E-state index in [-0.39, 0.29) is 17.3 Å². The van der Waals surface area contributed by atoms with E-state index in [9.17, 15) is 9.59 Å². The number of nitrogens with zero attached hydrogens (tertiary/aromatic N) is 2. The van der Waals surface area contributed by atoms with Gasteiger partial charge in [-0.1, -0.05) is 63.2 Å². The Bertz CT molecular complexity index is 943. The normalized spacial score (nSPS) is 17.9. The van der Waals surface area contributed by atoms with Gasteiger partial charge in [-0.25, -0.2) is 0 Å². The van der Waals surface area contributed by atoms with E-state index in [1.807, 2.05) is 42.5 Å². The number of ether oxygens (including phenoxy) is 1. The number of hydrogen-bond acceptors (Lipinski definition) is 4. The number of hydrogen-bond donors (Lipinski definition) is 0. The summed E-state index contributed by atoms with van der Waals surface area (Å²) in [6.07, 6.45) is 1.41. The molecular weight excluding hydrogens is 400 g/mol. The fourth-order valence-electron chi connectivity index (χ4n) is 3.94. The number of carbonyl (C=O) groups excluding carboxylic acids is 2. The molecule has 2 aromatic rings. The third-order valence-corrected chi connectivity index (χ3v) is 5.86. The number of piperidine rings is 1. The fourth-order valence-corrected chi connectivity index (χ4v) is 3.94. The molecule has 0 saturated carbocycles. The number of likely N-dealkylation sites (tertiary alicyclic amines) is 1. The molecule has 170 valence electrons. The standard InChI is InChI=1S/C27H34N2O3/c1-5-32-26(31)23-19-29(25(30)21-11-13-22(14-12-21)27(2,3)4)18-16-24(23)28-17-15-20-9-7-6-8-10-20/h6-14,23H,5,15-19H2,1-4H3. The van der Waals surface area contributed by atoms with Crippen LogP contribution in [-0.4, -0.2) is 48.7 Å². The van der Waals surface area contributed by atoms with Gasteiger partial charge in [0.15, 0.2) is 0 Å². The topological polar surface area (TPSA) is 59.0 Å². The Morgan fingerprint density at radius 3 is 2.38 bits per heavy atom. The zero-order valence-electron chi connectivity index (χ0n) is 19.6. The van der Waals surface area contributed by atoms with E-state index in [0.29, 0.717) is 38.2 Å². The number of benzene rings is 2. The van der Waals surface area contributed by atoms with Gasteiger partial charge in [0.1, 0.15) is 5.92 Å². The van der Waals surface area contributed by atoms with E-state index in [0.717, 1.165) is 12.1 Å². The minimum atomic E-state index is -0.503. The van der Waals surface area contributed by atoms with E-state index >= 15 is 0 Å². The molecule has 1 fully saturated rings. The number of rotatable bonds is 6. The molecule has 1 heterocycles. The van der Waals surface area contributed by atoms with Gasteiger partial charge in [0.2, 0.25) is 0 Å². The summed E-state index contributed by atoms with van der Waals surface area (Å²) >= 11 is 0. The van der Waals surface area contributed by atoms with Gasteiger partial charge < -0.3 is 9.64 Å². The molecule has 5 heteroatoms. The van der Waals surface area contributed by atoms with Crippen LogP contribution in [-0.2, 0) is 21.4 Å². The van der Waals surface area contributed by atoms with Gasteiger partial charge in [0, 0.05) is 37.3 Å². The average molecular weight is 435 g/mol. The summed E-state index contributed by atoms with van der Waals surface area (Å²) in [6, 6.07) is 18.0. The van der Waals surface area contributed by atoms with Crippen LogP contribution in [0.5, 0.6) is 0 Å². The number of carbonyl (C=O) groups is 2. The first-order chi connectivity index (χ1) is 15.3. The summed E-state index contributed by atoms with van der Waals surface area (Å²) in [5, 5.41) is 0. The molecule has 1 unspecified atom stereocenters. The Balaban J connectivity index is 1.71. The molecule has 5 nitrogen and oxygen atoms in total. The third-order valence-electron chi connectivity index (χ3n) is 5.86. The SMILES string of the molecule is CCOC(=O)C1CN(C(=O)c2ccc(C(C)(C)C)cc2)CCC1=NCCc1ccccc1. The number of esters is 1. The van der Waals surface area contributed by atoms with Gasteiger partial charge in [-0.2, -0.15) is 0 Å². The maximum atomic E-state index is 13.1. The summed E-state index contributed by atoms with van der Waals surface area (Å²) < 4.78 is 5.31. The molecule has 1 aliphatic heterocycles. The molecule has 1 saturated heterocycles. The quantitative estimate of drug-likeness (QED) is 0.620. The van der Waals surface area contributed by atoms with Crippen LogP contribution >= 0.6 is 0 Å². The molecule has 0 aliphatic carbocycles. The first-order valence-electron chi connectivity index (χ1n) is 11.4. The van der Waals surface area contributed by atoms with Crippen molar-refractivity contribution in [1.82, 2.24) is 4.90 Å². The van der Waals surface area contributed by atoms with Crippen molar-refractivity contribution in [2.45, 2.75) is 46.0 Å². The maximum absolute atomic E-state index is 13.1. The number of aliphatic imine (C=N–C) groups is 1. The van der Waals surface area contributed by atoms with Crippen LogP contribution in [0.2, 0.25) is 0 Å². The summed E-state index contributed by atoms with van der Waals surface area (Å²) in [5.74, 6) is -0.855. The van der Waals surface area contributed by atoms with E-state index < -0.39 is 5.92 Å². The Labute approximate surface area is 191 Å². The van der Waals surface area contributed by atoms with Gasteiger partial charge in [-0.15, -0.1) is 0 Å². The van der Waals surface area contributed by atoms with E-state index in [1.165, 1.54) is 11.1 Å². The molecule has 32 heavy (non-hydrogen) atoms.